The molecule has 0 aliphatic heterocycles. The van der Waals surface area contributed by atoms with E-state index in [4.69, 9.17) is 0 Å². The van der Waals surface area contributed by atoms with Gasteiger partial charge in [0.05, 0.1) is 12.4 Å². The van der Waals surface area contributed by atoms with Crippen molar-refractivity contribution in [2.75, 3.05) is 0 Å². The third-order valence-corrected chi connectivity index (χ3v) is 5.08. The Morgan fingerprint density at radius 3 is 1.37 bits per heavy atom. The van der Waals surface area contributed by atoms with Gasteiger partial charge in [0.25, 0.3) is 0 Å². The smallest absolute Gasteiger partial charge is 0.181 e. The van der Waals surface area contributed by atoms with Crippen LogP contribution in [0.3, 0.4) is 0 Å². The Morgan fingerprint density at radius 2 is 0.933 bits per heavy atom. The first-order chi connectivity index (χ1) is 14.9. The lowest BCUT2D eigenvalue weighted by Gasteiger charge is -2.08. The Balaban J connectivity index is 1.32. The number of benzene rings is 2. The molecule has 0 saturated heterocycles. The van der Waals surface area contributed by atoms with Gasteiger partial charge in [0.2, 0.25) is 0 Å². The number of imidazole rings is 2. The molecule has 4 heterocycles. The molecule has 0 aliphatic carbocycles. The maximum atomic E-state index is 4.33. The maximum Gasteiger partial charge on any atom is 0.181 e. The molecule has 8 heteroatoms. The van der Waals surface area contributed by atoms with Crippen molar-refractivity contribution in [3.63, 3.8) is 0 Å². The predicted molar refractivity (Wildman–Crippen MR) is 112 cm³/mol. The predicted octanol–water partition coefficient (Wildman–Crippen LogP) is 3.61. The Kier molecular flexibility index (Phi) is 3.60. The summed E-state index contributed by atoms with van der Waals surface area (Å²) < 4.78 is 3.96. The van der Waals surface area contributed by atoms with E-state index in [1.54, 1.807) is 25.0 Å². The van der Waals surface area contributed by atoms with Gasteiger partial charge in [-0.1, -0.05) is 24.3 Å². The minimum absolute atomic E-state index is 0.682. The molecule has 0 spiro atoms. The van der Waals surface area contributed by atoms with Crippen LogP contribution in [0.25, 0.3) is 44.8 Å². The van der Waals surface area contributed by atoms with Gasteiger partial charge in [0.15, 0.2) is 11.3 Å². The number of hydrogen-bond donors (Lipinski definition) is 0. The van der Waals surface area contributed by atoms with Gasteiger partial charge in [-0.2, -0.15) is 0 Å². The van der Waals surface area contributed by atoms with E-state index in [0.29, 0.717) is 11.3 Å². The van der Waals surface area contributed by atoms with Crippen LogP contribution >= 0.6 is 0 Å². The molecule has 0 unspecified atom stereocenters. The fourth-order valence-corrected chi connectivity index (χ4v) is 3.56. The minimum Gasteiger partial charge on any atom is -0.296 e. The first kappa shape index (κ1) is 16.5. The highest BCUT2D eigenvalue weighted by Crippen LogP contribution is 2.24. The molecule has 0 bridgehead atoms. The van der Waals surface area contributed by atoms with Gasteiger partial charge in [0.1, 0.15) is 36.3 Å². The van der Waals surface area contributed by atoms with Crippen molar-refractivity contribution in [2.24, 2.45) is 0 Å². The van der Waals surface area contributed by atoms with Crippen LogP contribution in [0, 0.1) is 0 Å². The summed E-state index contributed by atoms with van der Waals surface area (Å²) in [6.07, 6.45) is 10.1. The molecule has 0 saturated carbocycles. The Morgan fingerprint density at radius 1 is 0.500 bits per heavy atom. The second kappa shape index (κ2) is 6.56. The summed E-state index contributed by atoms with van der Waals surface area (Å²) in [5.41, 5.74) is 7.41. The van der Waals surface area contributed by atoms with Crippen LogP contribution in [0.1, 0.15) is 0 Å². The van der Waals surface area contributed by atoms with Gasteiger partial charge < -0.3 is 0 Å². The van der Waals surface area contributed by atoms with Crippen LogP contribution in [0.2, 0.25) is 0 Å². The van der Waals surface area contributed by atoms with Gasteiger partial charge in [-0.25, -0.2) is 29.9 Å². The summed E-state index contributed by atoms with van der Waals surface area (Å²) in [5, 5.41) is 0. The van der Waals surface area contributed by atoms with Gasteiger partial charge in [-0.3, -0.25) is 9.13 Å². The Bertz CT molecular complexity index is 1360. The van der Waals surface area contributed by atoms with E-state index < -0.39 is 0 Å². The molecule has 0 aliphatic rings. The molecule has 30 heavy (non-hydrogen) atoms. The summed E-state index contributed by atoms with van der Waals surface area (Å²) >= 11 is 0. The quantitative estimate of drug-likeness (QED) is 0.459. The highest BCUT2D eigenvalue weighted by atomic mass is 15.1. The lowest BCUT2D eigenvalue weighted by molar-refractivity contribution is 1.08. The Hall–Kier alpha value is -4.46. The molecule has 6 rings (SSSR count). The van der Waals surface area contributed by atoms with E-state index in [2.05, 4.69) is 78.4 Å². The average molecular weight is 390 g/mol. The molecule has 8 nitrogen and oxygen atoms in total. The van der Waals surface area contributed by atoms with Crippen molar-refractivity contribution in [2.45, 2.75) is 0 Å². The summed E-state index contributed by atoms with van der Waals surface area (Å²) in [6, 6.07) is 16.7. The van der Waals surface area contributed by atoms with Crippen molar-refractivity contribution in [1.82, 2.24) is 39.0 Å². The fraction of sp³-hybridized carbons (Fsp3) is 0. The SMILES string of the molecule is c1ncc2c(n1)ncn2-c1ccc(-c2ccc(-n3cnc4ncncc43)cc2)cc1. The van der Waals surface area contributed by atoms with E-state index in [9.17, 15) is 0 Å². The largest absolute Gasteiger partial charge is 0.296 e. The monoisotopic (exact) mass is 390 g/mol. The zero-order valence-corrected chi connectivity index (χ0v) is 15.7. The molecule has 4 aromatic heterocycles. The fourth-order valence-electron chi connectivity index (χ4n) is 3.56. The van der Waals surface area contributed by atoms with E-state index in [-0.39, 0.29) is 0 Å². The number of aromatic nitrogens is 8. The molecule has 142 valence electrons. The lowest BCUT2D eigenvalue weighted by atomic mass is 10.0. The van der Waals surface area contributed by atoms with Gasteiger partial charge >= 0.3 is 0 Å². The average Bonchev–Trinajstić information content (AvgIpc) is 3.44. The van der Waals surface area contributed by atoms with Crippen molar-refractivity contribution in [3.05, 3.63) is 86.2 Å². The van der Waals surface area contributed by atoms with Crippen LogP contribution in [-0.4, -0.2) is 39.0 Å². The molecule has 0 amide bonds. The molecule has 6 aromatic rings. The normalized spacial score (nSPS) is 11.3. The zero-order valence-electron chi connectivity index (χ0n) is 15.7. The van der Waals surface area contributed by atoms with Crippen LogP contribution in [0.4, 0.5) is 0 Å². The third kappa shape index (κ3) is 2.62. The van der Waals surface area contributed by atoms with Gasteiger partial charge in [0, 0.05) is 11.4 Å². The first-order valence-electron chi connectivity index (χ1n) is 9.34. The van der Waals surface area contributed by atoms with Gasteiger partial charge in [-0.15, -0.1) is 0 Å². The molecule has 2 aromatic carbocycles. The molecular weight excluding hydrogens is 376 g/mol. The molecule has 0 radical (unpaired) electrons. The lowest BCUT2D eigenvalue weighted by Crippen LogP contribution is -1.93. The first-order valence-corrected chi connectivity index (χ1v) is 9.34. The molecule has 0 N–H and O–H groups in total. The third-order valence-electron chi connectivity index (χ3n) is 5.08. The molecule has 0 fully saturated rings. The van der Waals surface area contributed by atoms with Crippen molar-refractivity contribution >= 4 is 22.3 Å². The van der Waals surface area contributed by atoms with E-state index in [0.717, 1.165) is 33.5 Å². The van der Waals surface area contributed by atoms with E-state index in [1.165, 1.54) is 12.7 Å². The van der Waals surface area contributed by atoms with E-state index >= 15 is 0 Å². The summed E-state index contributed by atoms with van der Waals surface area (Å²) in [4.78, 5) is 25.2. The number of rotatable bonds is 3. The molecule has 0 atom stereocenters. The maximum absolute atomic E-state index is 4.33. The summed E-state index contributed by atoms with van der Waals surface area (Å²) in [7, 11) is 0. The standard InChI is InChI=1S/C22H14N8/c1-5-17(29-13-27-21-19(29)9-23-11-25-21)6-2-15(1)16-3-7-18(8-4-16)30-14-28-22-20(30)10-24-12-26-22/h1-14H. The topological polar surface area (TPSA) is 87.2 Å². The minimum atomic E-state index is 0.682. The highest BCUT2D eigenvalue weighted by Gasteiger charge is 2.08. The zero-order chi connectivity index (χ0) is 19.9. The van der Waals surface area contributed by atoms with Crippen molar-refractivity contribution < 1.29 is 0 Å². The van der Waals surface area contributed by atoms with Crippen LogP contribution in [0.15, 0.2) is 86.2 Å². The van der Waals surface area contributed by atoms with E-state index in [1.807, 2.05) is 9.13 Å². The van der Waals surface area contributed by atoms with Crippen molar-refractivity contribution in [1.29, 1.82) is 0 Å². The van der Waals surface area contributed by atoms with Crippen molar-refractivity contribution in [3.8, 4) is 22.5 Å². The number of nitrogens with zero attached hydrogens (tertiary/aromatic N) is 8. The summed E-state index contributed by atoms with van der Waals surface area (Å²) in [5.74, 6) is 0. The second-order valence-electron chi connectivity index (χ2n) is 6.79. The van der Waals surface area contributed by atoms with Crippen LogP contribution in [-0.2, 0) is 0 Å². The highest BCUT2D eigenvalue weighted by molar-refractivity contribution is 5.74. The Labute approximate surface area is 170 Å². The van der Waals surface area contributed by atoms with Crippen LogP contribution in [0.5, 0.6) is 0 Å². The van der Waals surface area contributed by atoms with Crippen LogP contribution < -0.4 is 0 Å². The molecular formula is C22H14N8. The summed E-state index contributed by atoms with van der Waals surface area (Å²) in [6.45, 7) is 0. The van der Waals surface area contributed by atoms with Gasteiger partial charge in [-0.05, 0) is 35.4 Å². The number of hydrogen-bond acceptors (Lipinski definition) is 6. The number of fused-ring (bicyclic) bond motifs is 2. The second-order valence-corrected chi connectivity index (χ2v) is 6.79.